The van der Waals surface area contributed by atoms with Crippen molar-refractivity contribution in [2.75, 3.05) is 32.5 Å². The van der Waals surface area contributed by atoms with Crippen LogP contribution in [0.5, 0.6) is 0 Å². The molecule has 3 atom stereocenters. The van der Waals surface area contributed by atoms with Crippen molar-refractivity contribution < 1.29 is 9.18 Å². The zero-order valence-corrected chi connectivity index (χ0v) is 25.6. The molecule has 1 saturated heterocycles. The minimum Gasteiger partial charge on any atom is -0.391 e. The van der Waals surface area contributed by atoms with E-state index in [0.29, 0.717) is 42.6 Å². The molecule has 1 aliphatic rings. The van der Waals surface area contributed by atoms with Crippen LogP contribution in [0.15, 0.2) is 61.3 Å². The minimum atomic E-state index is -0.147. The fourth-order valence-corrected chi connectivity index (χ4v) is 5.76. The van der Waals surface area contributed by atoms with E-state index in [0.717, 1.165) is 54.7 Å². The SMILES string of the molecule is C=CCCC(C(=C)NC)N(C)Cc1c(C=O)cccc1NCc1cccc(CN2CC(C)CC(C)C2)c1F.CC. The molecule has 1 heterocycles. The maximum atomic E-state index is 15.6. The Morgan fingerprint density at radius 1 is 1.15 bits per heavy atom. The molecule has 0 spiro atoms. The first-order chi connectivity index (χ1) is 19.3. The lowest BCUT2D eigenvalue weighted by atomic mass is 9.91. The molecule has 3 rings (SSSR count). The van der Waals surface area contributed by atoms with E-state index in [1.165, 1.54) is 6.42 Å². The zero-order valence-electron chi connectivity index (χ0n) is 25.6. The quantitative estimate of drug-likeness (QED) is 0.192. The molecule has 1 fully saturated rings. The Labute approximate surface area is 242 Å². The lowest BCUT2D eigenvalue weighted by Crippen LogP contribution is -2.38. The van der Waals surface area contributed by atoms with Gasteiger partial charge in [-0.2, -0.15) is 0 Å². The van der Waals surface area contributed by atoms with Gasteiger partial charge >= 0.3 is 0 Å². The standard InChI is InChI=1S/C32H45FN4O.C2H6/c1-7-8-15-31(25(4)34-5)36(6)21-29-28(22-38)13-10-14-30(29)35-17-26-11-9-12-27(32(26)33)20-37-18-23(2)16-24(3)19-37;1-2/h7,9-14,22-24,31,34-35H,1,4,8,15-21H2,2-3,5-6H3;1-2H3. The van der Waals surface area contributed by atoms with Crippen molar-refractivity contribution in [3.63, 3.8) is 0 Å². The van der Waals surface area contributed by atoms with Gasteiger partial charge in [0.05, 0.1) is 0 Å². The lowest BCUT2D eigenvalue weighted by Gasteiger charge is -2.35. The van der Waals surface area contributed by atoms with Gasteiger partial charge in [0.15, 0.2) is 0 Å². The predicted octanol–water partition coefficient (Wildman–Crippen LogP) is 7.25. The first kappa shape index (κ1) is 33.2. The molecule has 40 heavy (non-hydrogen) atoms. The van der Waals surface area contributed by atoms with Gasteiger partial charge in [-0.3, -0.25) is 14.6 Å². The molecular formula is C34H51FN4O. The third-order valence-electron chi connectivity index (χ3n) is 7.61. The highest BCUT2D eigenvalue weighted by atomic mass is 19.1. The average molecular weight is 551 g/mol. The number of anilines is 1. The summed E-state index contributed by atoms with van der Waals surface area (Å²) in [6.45, 7) is 20.1. The summed E-state index contributed by atoms with van der Waals surface area (Å²) in [5.74, 6) is 1.12. The second-order valence-corrected chi connectivity index (χ2v) is 10.9. The van der Waals surface area contributed by atoms with Gasteiger partial charge in [-0.15, -0.1) is 6.58 Å². The number of halogens is 1. The number of nitrogens with zero attached hydrogens (tertiary/aromatic N) is 2. The van der Waals surface area contributed by atoms with Crippen molar-refractivity contribution in [1.82, 2.24) is 15.1 Å². The summed E-state index contributed by atoms with van der Waals surface area (Å²) in [6.07, 6.45) is 5.77. The number of hydrogen-bond donors (Lipinski definition) is 2. The van der Waals surface area contributed by atoms with Gasteiger partial charge in [0.25, 0.3) is 0 Å². The number of carbonyl (C=O) groups is 1. The van der Waals surface area contributed by atoms with Crippen molar-refractivity contribution in [2.45, 2.75) is 72.6 Å². The van der Waals surface area contributed by atoms with Gasteiger partial charge in [0.2, 0.25) is 0 Å². The van der Waals surface area contributed by atoms with Gasteiger partial charge in [-0.05, 0) is 49.8 Å². The molecule has 0 aromatic heterocycles. The van der Waals surface area contributed by atoms with Crippen LogP contribution in [0.3, 0.4) is 0 Å². The molecule has 1 aliphatic heterocycles. The Hall–Kier alpha value is -2.96. The normalized spacial score (nSPS) is 17.9. The van der Waals surface area contributed by atoms with E-state index in [2.05, 4.69) is 47.4 Å². The predicted molar refractivity (Wildman–Crippen MR) is 168 cm³/mol. The first-order valence-electron chi connectivity index (χ1n) is 14.7. The van der Waals surface area contributed by atoms with Gasteiger partial charge in [-0.25, -0.2) is 4.39 Å². The number of nitrogens with one attached hydrogen (secondary N) is 2. The third-order valence-corrected chi connectivity index (χ3v) is 7.61. The summed E-state index contributed by atoms with van der Waals surface area (Å²) < 4.78 is 15.6. The molecular weight excluding hydrogens is 499 g/mol. The van der Waals surface area contributed by atoms with Crippen molar-refractivity contribution >= 4 is 12.0 Å². The van der Waals surface area contributed by atoms with E-state index >= 15 is 4.39 Å². The number of aldehydes is 1. The minimum absolute atomic E-state index is 0.0832. The second-order valence-electron chi connectivity index (χ2n) is 10.9. The maximum Gasteiger partial charge on any atom is 0.150 e. The van der Waals surface area contributed by atoms with E-state index in [-0.39, 0.29) is 11.9 Å². The average Bonchev–Trinajstić information content (AvgIpc) is 2.94. The van der Waals surface area contributed by atoms with Crippen LogP contribution in [0.1, 0.15) is 74.0 Å². The molecule has 0 bridgehead atoms. The number of carbonyl (C=O) groups excluding carboxylic acids is 1. The summed E-state index contributed by atoms with van der Waals surface area (Å²) in [6, 6.07) is 11.4. The van der Waals surface area contributed by atoms with Crippen LogP contribution in [0.4, 0.5) is 10.1 Å². The van der Waals surface area contributed by atoms with Crippen molar-refractivity contribution in [3.05, 3.63) is 89.4 Å². The second kappa shape index (κ2) is 17.0. The van der Waals surface area contributed by atoms with E-state index in [1.54, 1.807) is 0 Å². The highest BCUT2D eigenvalue weighted by molar-refractivity contribution is 5.80. The molecule has 6 heteroatoms. The maximum absolute atomic E-state index is 15.6. The highest BCUT2D eigenvalue weighted by Gasteiger charge is 2.23. The molecule has 3 unspecified atom stereocenters. The van der Waals surface area contributed by atoms with Crippen molar-refractivity contribution in [2.24, 2.45) is 11.8 Å². The summed E-state index contributed by atoms with van der Waals surface area (Å²) in [5, 5.41) is 6.60. The Morgan fingerprint density at radius 2 is 1.80 bits per heavy atom. The Balaban J connectivity index is 0.00000274. The Kier molecular flexibility index (Phi) is 14.1. The van der Waals surface area contributed by atoms with E-state index < -0.39 is 0 Å². The number of benzene rings is 2. The van der Waals surface area contributed by atoms with Crippen LogP contribution in [0.25, 0.3) is 0 Å². The van der Waals surface area contributed by atoms with Crippen LogP contribution in [-0.2, 0) is 19.6 Å². The third kappa shape index (κ3) is 9.31. The zero-order chi connectivity index (χ0) is 29.7. The summed E-state index contributed by atoms with van der Waals surface area (Å²) in [7, 11) is 3.91. The summed E-state index contributed by atoms with van der Waals surface area (Å²) in [5.41, 5.74) is 4.64. The fourth-order valence-electron chi connectivity index (χ4n) is 5.76. The fraction of sp³-hybridized carbons (Fsp3) is 0.500. The lowest BCUT2D eigenvalue weighted by molar-refractivity contribution is 0.112. The summed E-state index contributed by atoms with van der Waals surface area (Å²) >= 11 is 0. The molecule has 2 aromatic carbocycles. The van der Waals surface area contributed by atoms with E-state index in [1.807, 2.05) is 70.4 Å². The molecule has 2 aromatic rings. The molecule has 0 amide bonds. The Morgan fingerprint density at radius 3 is 2.42 bits per heavy atom. The molecule has 5 nitrogen and oxygen atoms in total. The van der Waals surface area contributed by atoms with E-state index in [4.69, 9.17) is 0 Å². The van der Waals surface area contributed by atoms with Crippen molar-refractivity contribution in [3.8, 4) is 0 Å². The molecule has 0 radical (unpaired) electrons. The number of likely N-dealkylation sites (N-methyl/N-ethyl adjacent to an activating group) is 2. The smallest absolute Gasteiger partial charge is 0.150 e. The molecule has 2 N–H and O–H groups in total. The highest BCUT2D eigenvalue weighted by Crippen LogP contribution is 2.26. The molecule has 0 aliphatic carbocycles. The summed E-state index contributed by atoms with van der Waals surface area (Å²) in [4.78, 5) is 16.5. The number of allylic oxidation sites excluding steroid dienone is 1. The van der Waals surface area contributed by atoms with Crippen LogP contribution in [-0.4, -0.2) is 49.3 Å². The van der Waals surface area contributed by atoms with Crippen LogP contribution in [0, 0.1) is 17.7 Å². The van der Waals surface area contributed by atoms with E-state index in [9.17, 15) is 4.79 Å². The molecule has 220 valence electrons. The van der Waals surface area contributed by atoms with Crippen LogP contribution < -0.4 is 10.6 Å². The monoisotopic (exact) mass is 550 g/mol. The first-order valence-corrected chi connectivity index (χ1v) is 14.7. The molecule has 0 saturated carbocycles. The van der Waals surface area contributed by atoms with Gasteiger partial charge < -0.3 is 10.6 Å². The van der Waals surface area contributed by atoms with Gasteiger partial charge in [-0.1, -0.05) is 70.7 Å². The van der Waals surface area contributed by atoms with Crippen LogP contribution in [0.2, 0.25) is 0 Å². The van der Waals surface area contributed by atoms with Crippen molar-refractivity contribution in [1.29, 1.82) is 0 Å². The largest absolute Gasteiger partial charge is 0.391 e. The number of likely N-dealkylation sites (tertiary alicyclic amines) is 1. The van der Waals surface area contributed by atoms with Gasteiger partial charge in [0.1, 0.15) is 12.1 Å². The number of piperidine rings is 1. The Bertz CT molecular complexity index is 1090. The number of hydrogen-bond acceptors (Lipinski definition) is 5. The number of rotatable bonds is 14. The topological polar surface area (TPSA) is 47.6 Å². The van der Waals surface area contributed by atoms with Crippen LogP contribution >= 0.6 is 0 Å². The van der Waals surface area contributed by atoms with Gasteiger partial charge in [0, 0.05) is 73.9 Å².